The molecule has 0 unspecified atom stereocenters. The third kappa shape index (κ3) is 5.30. The monoisotopic (exact) mass is 524 g/mol. The van der Waals surface area contributed by atoms with Crippen molar-refractivity contribution in [1.29, 1.82) is 0 Å². The molecule has 1 heterocycles. The highest BCUT2D eigenvalue weighted by Crippen LogP contribution is 2.29. The summed E-state index contributed by atoms with van der Waals surface area (Å²) < 4.78 is 6.67. The number of rotatable bonds is 6. The second-order valence-corrected chi connectivity index (χ2v) is 8.71. The summed E-state index contributed by atoms with van der Waals surface area (Å²) in [4.78, 5) is 38.8. The molecule has 0 fully saturated rings. The number of nitrogens with one attached hydrogen (secondary N) is 3. The van der Waals surface area contributed by atoms with E-state index in [0.717, 1.165) is 5.56 Å². The van der Waals surface area contributed by atoms with Crippen LogP contribution in [0, 0.1) is 0 Å². The summed E-state index contributed by atoms with van der Waals surface area (Å²) in [5.74, 6) is -1.96. The molecule has 8 nitrogen and oxygen atoms in total. The minimum atomic E-state index is -0.954. The molecule has 36 heavy (non-hydrogen) atoms. The van der Waals surface area contributed by atoms with E-state index in [1.165, 1.54) is 17.9 Å². The van der Waals surface area contributed by atoms with Gasteiger partial charge in [0, 0.05) is 11.1 Å². The number of benzene rings is 3. The van der Waals surface area contributed by atoms with E-state index in [2.05, 4.69) is 16.1 Å². The lowest BCUT2D eigenvalue weighted by atomic mass is 10.1. The van der Waals surface area contributed by atoms with Gasteiger partial charge in [0.05, 0.1) is 23.2 Å². The Balaban J connectivity index is 1.64. The Kier molecular flexibility index (Phi) is 7.47. The molecule has 1 aromatic heterocycles. The van der Waals surface area contributed by atoms with E-state index < -0.39 is 23.8 Å². The van der Waals surface area contributed by atoms with E-state index >= 15 is 0 Å². The predicted molar refractivity (Wildman–Crippen MR) is 140 cm³/mol. The summed E-state index contributed by atoms with van der Waals surface area (Å²) in [7, 11) is 1.47. The second kappa shape index (κ2) is 10.7. The van der Waals surface area contributed by atoms with Crippen LogP contribution in [0.3, 0.4) is 0 Å². The molecule has 0 spiro atoms. The molecule has 4 rings (SSSR count). The molecule has 1 atom stereocenters. The summed E-state index contributed by atoms with van der Waals surface area (Å²) >= 11 is 12.0. The Morgan fingerprint density at radius 1 is 0.889 bits per heavy atom. The van der Waals surface area contributed by atoms with Gasteiger partial charge in [-0.1, -0.05) is 65.7 Å². The maximum absolute atomic E-state index is 13.2. The maximum atomic E-state index is 13.2. The van der Waals surface area contributed by atoms with Gasteiger partial charge in [0.15, 0.2) is 0 Å². The fraction of sp³-hybridized carbons (Fsp3) is 0.115. The van der Waals surface area contributed by atoms with Crippen LogP contribution in [0.2, 0.25) is 10.0 Å². The Morgan fingerprint density at radius 3 is 2.33 bits per heavy atom. The van der Waals surface area contributed by atoms with E-state index in [4.69, 9.17) is 27.9 Å². The Bertz CT molecular complexity index is 1450. The molecule has 0 aliphatic rings. The first-order valence-corrected chi connectivity index (χ1v) is 11.7. The summed E-state index contributed by atoms with van der Waals surface area (Å²) in [6, 6.07) is 20.3. The third-order valence-corrected chi connectivity index (χ3v) is 6.22. The van der Waals surface area contributed by atoms with Crippen molar-refractivity contribution in [2.24, 2.45) is 0 Å². The summed E-state index contributed by atoms with van der Waals surface area (Å²) in [6.07, 6.45) is 0. The molecule has 0 radical (unpaired) electrons. The van der Waals surface area contributed by atoms with Gasteiger partial charge in [0.1, 0.15) is 17.0 Å². The van der Waals surface area contributed by atoms with Gasteiger partial charge < -0.3 is 15.4 Å². The van der Waals surface area contributed by atoms with Gasteiger partial charge in [-0.05, 0) is 42.8 Å². The van der Waals surface area contributed by atoms with Crippen LogP contribution in [-0.2, 0) is 9.59 Å². The molecule has 184 valence electrons. The second-order valence-electron chi connectivity index (χ2n) is 7.89. The average molecular weight is 525 g/mol. The average Bonchev–Trinajstić information content (AvgIpc) is 3.25. The lowest BCUT2D eigenvalue weighted by Crippen LogP contribution is -2.40. The lowest BCUT2D eigenvalue weighted by Gasteiger charge is -2.16. The number of hydrogen-bond acceptors (Lipinski definition) is 4. The highest BCUT2D eigenvalue weighted by atomic mass is 35.5. The fourth-order valence-corrected chi connectivity index (χ4v) is 3.98. The number of aromatic nitrogens is 1. The first-order valence-electron chi connectivity index (χ1n) is 10.9. The molecule has 3 aromatic carbocycles. The number of anilines is 1. The Hall–Kier alpha value is -4.01. The van der Waals surface area contributed by atoms with Crippen LogP contribution in [0.15, 0.2) is 72.8 Å². The van der Waals surface area contributed by atoms with Crippen molar-refractivity contribution in [2.45, 2.75) is 13.0 Å². The normalized spacial score (nSPS) is 11.6. The number of carbonyl (C=O) groups excluding carboxylic acids is 3. The number of fused-ring (bicyclic) bond motifs is 1. The molecular weight excluding hydrogens is 503 g/mol. The van der Waals surface area contributed by atoms with Gasteiger partial charge >= 0.3 is 11.8 Å². The Morgan fingerprint density at radius 2 is 1.64 bits per heavy atom. The highest BCUT2D eigenvalue weighted by Gasteiger charge is 2.24. The number of methoxy groups -OCH3 is 1. The lowest BCUT2D eigenvalue weighted by molar-refractivity contribution is -0.137. The predicted octanol–water partition coefficient (Wildman–Crippen LogP) is 5.16. The van der Waals surface area contributed by atoms with Crippen LogP contribution in [0.1, 0.15) is 29.0 Å². The van der Waals surface area contributed by atoms with E-state index in [9.17, 15) is 14.4 Å². The number of halogens is 2. The van der Waals surface area contributed by atoms with E-state index in [-0.39, 0.29) is 10.7 Å². The van der Waals surface area contributed by atoms with Crippen molar-refractivity contribution in [3.8, 4) is 5.75 Å². The number of amides is 3. The van der Waals surface area contributed by atoms with Gasteiger partial charge in [0.25, 0.3) is 5.91 Å². The van der Waals surface area contributed by atoms with Gasteiger partial charge in [-0.2, -0.15) is 0 Å². The number of ether oxygens (including phenoxy) is 1. The van der Waals surface area contributed by atoms with Crippen LogP contribution in [0.4, 0.5) is 5.69 Å². The van der Waals surface area contributed by atoms with Crippen LogP contribution in [-0.4, -0.2) is 29.5 Å². The van der Waals surface area contributed by atoms with E-state index in [1.807, 2.05) is 30.3 Å². The zero-order valence-electron chi connectivity index (χ0n) is 19.3. The topological polar surface area (TPSA) is 101 Å². The molecule has 0 bridgehead atoms. The van der Waals surface area contributed by atoms with Crippen LogP contribution in [0.25, 0.3) is 10.9 Å². The summed E-state index contributed by atoms with van der Waals surface area (Å²) in [5, 5.41) is 6.62. The van der Waals surface area contributed by atoms with Gasteiger partial charge in [-0.15, -0.1) is 0 Å². The molecule has 4 aromatic rings. The van der Waals surface area contributed by atoms with E-state index in [1.54, 1.807) is 43.3 Å². The van der Waals surface area contributed by atoms with Crippen molar-refractivity contribution in [3.05, 3.63) is 94.1 Å². The molecule has 0 saturated carbocycles. The first kappa shape index (κ1) is 25.1. The fourth-order valence-electron chi connectivity index (χ4n) is 3.68. The first-order chi connectivity index (χ1) is 17.3. The zero-order chi connectivity index (χ0) is 25.8. The number of carbonyl (C=O) groups is 3. The number of para-hydroxylation sites is 1. The Labute approximate surface area is 217 Å². The summed E-state index contributed by atoms with van der Waals surface area (Å²) in [5.41, 5.74) is 4.25. The van der Waals surface area contributed by atoms with Gasteiger partial charge in [-0.25, -0.2) is 4.68 Å². The molecule has 3 N–H and O–H groups in total. The van der Waals surface area contributed by atoms with Crippen molar-refractivity contribution in [2.75, 3.05) is 17.9 Å². The molecule has 0 saturated heterocycles. The van der Waals surface area contributed by atoms with Gasteiger partial charge in [-0.3, -0.25) is 19.8 Å². The minimum Gasteiger partial charge on any atom is -0.494 e. The molecule has 0 aliphatic heterocycles. The maximum Gasteiger partial charge on any atom is 0.328 e. The smallest absolute Gasteiger partial charge is 0.328 e. The molecular formula is C26H22Cl2N4O4. The largest absolute Gasteiger partial charge is 0.494 e. The van der Waals surface area contributed by atoms with Crippen molar-refractivity contribution < 1.29 is 19.1 Å². The van der Waals surface area contributed by atoms with Crippen molar-refractivity contribution in [1.82, 2.24) is 9.99 Å². The van der Waals surface area contributed by atoms with Crippen LogP contribution < -0.4 is 20.8 Å². The van der Waals surface area contributed by atoms with Crippen LogP contribution >= 0.6 is 23.2 Å². The standard InChI is InChI=1S/C26H22Cl2N4O4/c1-15(16-7-4-3-5-8-16)29-25(34)26(35)31-32-21(13-17-9-6-10-22(36-2)23(17)32)24(33)30-18-11-12-19(27)20(28)14-18/h3-15H,1-2H3,(H,29,34)(H,30,33)(H,31,35)/t15-/m1/s1. The molecule has 0 aliphatic carbocycles. The van der Waals surface area contributed by atoms with Crippen molar-refractivity contribution >= 4 is 57.5 Å². The molecule has 3 amide bonds. The van der Waals surface area contributed by atoms with Crippen LogP contribution in [0.5, 0.6) is 5.75 Å². The van der Waals surface area contributed by atoms with Gasteiger partial charge in [0.2, 0.25) is 0 Å². The number of nitrogens with zero attached hydrogens (tertiary/aromatic N) is 1. The quantitative estimate of drug-likeness (QED) is 0.303. The van der Waals surface area contributed by atoms with Crippen molar-refractivity contribution in [3.63, 3.8) is 0 Å². The number of hydrogen-bond donors (Lipinski definition) is 3. The summed E-state index contributed by atoms with van der Waals surface area (Å²) in [6.45, 7) is 1.77. The zero-order valence-corrected chi connectivity index (χ0v) is 20.9. The molecule has 10 heteroatoms. The highest BCUT2D eigenvalue weighted by molar-refractivity contribution is 6.42. The van der Waals surface area contributed by atoms with E-state index in [0.29, 0.717) is 27.4 Å². The SMILES string of the molecule is COc1cccc2cc(C(=O)Nc3ccc(Cl)c(Cl)c3)n(NC(=O)C(=O)N[C@H](C)c3ccccc3)c12. The third-order valence-electron chi connectivity index (χ3n) is 5.48. The minimum absolute atomic E-state index is 0.0674.